The van der Waals surface area contributed by atoms with Gasteiger partial charge in [-0.3, -0.25) is 24.5 Å². The number of esters is 3. The molecule has 0 heterocycles. The first-order valence-electron chi connectivity index (χ1n) is 19.0. The van der Waals surface area contributed by atoms with Crippen molar-refractivity contribution in [3.05, 3.63) is 83.4 Å². The molecule has 0 bridgehead atoms. The molecule has 302 valence electrons. The quantitative estimate of drug-likeness (QED) is 0.0820. The smallest absolute Gasteiger partial charge is 0.411 e. The molecule has 1 aliphatic rings. The number of hydrogen-bond donors (Lipinski definition) is 3. The first-order valence-corrected chi connectivity index (χ1v) is 19.0. The van der Waals surface area contributed by atoms with Crippen LogP contribution in [0.3, 0.4) is 0 Å². The summed E-state index contributed by atoms with van der Waals surface area (Å²) in [6.07, 6.45) is -0.974. The van der Waals surface area contributed by atoms with Gasteiger partial charge in [0.05, 0.1) is 11.4 Å². The predicted octanol–water partition coefficient (Wildman–Crippen LogP) is 8.46. The highest BCUT2D eigenvalue weighted by Gasteiger charge is 2.36. The molecule has 4 rings (SSSR count). The van der Waals surface area contributed by atoms with Crippen LogP contribution in [0, 0.1) is 0 Å². The molecule has 3 aromatic rings. The van der Waals surface area contributed by atoms with Crippen LogP contribution >= 0.6 is 0 Å². The van der Waals surface area contributed by atoms with Crippen molar-refractivity contribution >= 4 is 41.3 Å². The van der Waals surface area contributed by atoms with Crippen molar-refractivity contribution < 1.29 is 42.9 Å². The van der Waals surface area contributed by atoms with Crippen LogP contribution in [0.15, 0.2) is 66.7 Å². The van der Waals surface area contributed by atoms with Gasteiger partial charge in [-0.05, 0) is 122 Å². The van der Waals surface area contributed by atoms with Gasteiger partial charge in [0.25, 0.3) is 5.91 Å². The second-order valence-electron chi connectivity index (χ2n) is 17.2. The van der Waals surface area contributed by atoms with E-state index in [0.29, 0.717) is 0 Å². The minimum atomic E-state index is -1.26. The van der Waals surface area contributed by atoms with Gasteiger partial charge < -0.3 is 30.0 Å². The van der Waals surface area contributed by atoms with Gasteiger partial charge in [-0.2, -0.15) is 0 Å². The highest BCUT2D eigenvalue weighted by atomic mass is 16.6. The summed E-state index contributed by atoms with van der Waals surface area (Å²) in [5.41, 5.74) is 7.52. The summed E-state index contributed by atoms with van der Waals surface area (Å²) in [6, 6.07) is 20.4. The van der Waals surface area contributed by atoms with Crippen LogP contribution in [0.4, 0.5) is 16.2 Å². The molecular weight excluding hydrogens is 714 g/mol. The molecular formula is C44H57N3O9. The lowest BCUT2D eigenvalue weighted by atomic mass is 9.83. The molecule has 0 radical (unpaired) electrons. The Kier molecular flexibility index (Phi) is 13.6. The largest absolute Gasteiger partial charge is 0.460 e. The Labute approximate surface area is 330 Å². The standard InChI is InChI=1S/C44H57N3O9/c1-41(2,3)54-36(48)20-23-44(24-21-37(49)55-42(4,5)6,25-22-38(50)56-43(7,8)9)47-39(51)28-18-19-34(45)35(26-28)46-40(52)53-27-33-31-16-12-10-14-29(31)30-15-11-13-17-32(30)33/h10-19,26,33H,20-25,27,45H2,1-9H3,(H,46,52)(H,47,51). The zero-order valence-corrected chi connectivity index (χ0v) is 34.1. The fourth-order valence-corrected chi connectivity index (χ4v) is 6.63. The van der Waals surface area contributed by atoms with Gasteiger partial charge >= 0.3 is 24.0 Å². The molecule has 1 aliphatic carbocycles. The minimum Gasteiger partial charge on any atom is -0.460 e. The molecule has 0 spiro atoms. The number of fused-ring (bicyclic) bond motifs is 3. The van der Waals surface area contributed by atoms with Crippen LogP contribution in [-0.4, -0.2) is 58.9 Å². The van der Waals surface area contributed by atoms with E-state index in [1.54, 1.807) is 62.3 Å². The molecule has 4 N–H and O–H groups in total. The van der Waals surface area contributed by atoms with E-state index in [1.165, 1.54) is 18.2 Å². The molecule has 0 fully saturated rings. The van der Waals surface area contributed by atoms with E-state index in [2.05, 4.69) is 10.6 Å². The van der Waals surface area contributed by atoms with Crippen LogP contribution in [0.25, 0.3) is 11.1 Å². The Morgan fingerprint density at radius 1 is 0.625 bits per heavy atom. The summed E-state index contributed by atoms with van der Waals surface area (Å²) in [5.74, 6) is -2.26. The van der Waals surface area contributed by atoms with E-state index in [4.69, 9.17) is 24.7 Å². The van der Waals surface area contributed by atoms with Crippen molar-refractivity contribution in [2.45, 2.75) is 129 Å². The maximum absolute atomic E-state index is 14.1. The van der Waals surface area contributed by atoms with E-state index in [-0.39, 0.29) is 68.0 Å². The topological polar surface area (TPSA) is 172 Å². The van der Waals surface area contributed by atoms with Crippen molar-refractivity contribution in [3.8, 4) is 11.1 Å². The maximum atomic E-state index is 14.1. The van der Waals surface area contributed by atoms with Crippen molar-refractivity contribution in [1.29, 1.82) is 0 Å². The molecule has 0 aliphatic heterocycles. The molecule has 12 heteroatoms. The van der Waals surface area contributed by atoms with E-state index >= 15 is 0 Å². The lowest BCUT2D eigenvalue weighted by Gasteiger charge is -2.36. The van der Waals surface area contributed by atoms with Gasteiger partial charge in [0.1, 0.15) is 23.4 Å². The number of nitrogens with one attached hydrogen (secondary N) is 2. The lowest BCUT2D eigenvalue weighted by molar-refractivity contribution is -0.155. The van der Waals surface area contributed by atoms with Gasteiger partial charge in [0.2, 0.25) is 0 Å². The molecule has 0 atom stereocenters. The van der Waals surface area contributed by atoms with Crippen LogP contribution in [0.2, 0.25) is 0 Å². The Bertz CT molecular complexity index is 1790. The molecule has 2 amide bonds. The third kappa shape index (κ3) is 12.8. The number of amides is 2. The van der Waals surface area contributed by atoms with Crippen molar-refractivity contribution in [2.24, 2.45) is 0 Å². The normalized spacial score (nSPS) is 12.9. The monoisotopic (exact) mass is 771 g/mol. The van der Waals surface area contributed by atoms with Gasteiger partial charge in [0.15, 0.2) is 0 Å². The van der Waals surface area contributed by atoms with Gasteiger partial charge in [-0.1, -0.05) is 48.5 Å². The summed E-state index contributed by atoms with van der Waals surface area (Å²) < 4.78 is 22.4. The summed E-state index contributed by atoms with van der Waals surface area (Å²) >= 11 is 0. The van der Waals surface area contributed by atoms with Crippen molar-refractivity contribution in [3.63, 3.8) is 0 Å². The average Bonchev–Trinajstić information content (AvgIpc) is 3.40. The Hall–Kier alpha value is -5.39. The summed E-state index contributed by atoms with van der Waals surface area (Å²) in [4.78, 5) is 66.2. The van der Waals surface area contributed by atoms with Gasteiger partial charge in [-0.25, -0.2) is 4.79 Å². The highest BCUT2D eigenvalue weighted by molar-refractivity contribution is 5.98. The lowest BCUT2D eigenvalue weighted by Crippen LogP contribution is -2.50. The minimum absolute atomic E-state index is 0.0408. The Morgan fingerprint density at radius 2 is 1.05 bits per heavy atom. The molecule has 12 nitrogen and oxygen atoms in total. The first kappa shape index (κ1) is 43.3. The maximum Gasteiger partial charge on any atom is 0.411 e. The number of benzene rings is 3. The number of nitrogens with two attached hydrogens (primary N) is 1. The van der Waals surface area contributed by atoms with Crippen LogP contribution < -0.4 is 16.4 Å². The van der Waals surface area contributed by atoms with Crippen LogP contribution in [0.5, 0.6) is 0 Å². The second kappa shape index (κ2) is 17.6. The molecule has 56 heavy (non-hydrogen) atoms. The van der Waals surface area contributed by atoms with Crippen molar-refractivity contribution in [1.82, 2.24) is 5.32 Å². The molecule has 0 saturated carbocycles. The molecule has 0 unspecified atom stereocenters. The number of carbonyl (C=O) groups is 5. The third-order valence-electron chi connectivity index (χ3n) is 8.96. The van der Waals surface area contributed by atoms with E-state index in [0.717, 1.165) is 22.3 Å². The summed E-state index contributed by atoms with van der Waals surface area (Å²) in [7, 11) is 0. The van der Waals surface area contributed by atoms with Gasteiger partial charge in [0, 0.05) is 36.3 Å². The van der Waals surface area contributed by atoms with E-state index in [1.807, 2.05) is 48.5 Å². The fraction of sp³-hybridized carbons (Fsp3) is 0.477. The number of carbonyl (C=O) groups excluding carboxylic acids is 5. The summed E-state index contributed by atoms with van der Waals surface area (Å²) in [5, 5.41) is 5.71. The van der Waals surface area contributed by atoms with Crippen LogP contribution in [0.1, 0.15) is 128 Å². The third-order valence-corrected chi connectivity index (χ3v) is 8.96. The highest BCUT2D eigenvalue weighted by Crippen LogP contribution is 2.44. The average molecular weight is 772 g/mol. The Morgan fingerprint density at radius 3 is 1.48 bits per heavy atom. The number of hydrogen-bond acceptors (Lipinski definition) is 10. The van der Waals surface area contributed by atoms with E-state index < -0.39 is 52.3 Å². The fourth-order valence-electron chi connectivity index (χ4n) is 6.63. The zero-order valence-electron chi connectivity index (χ0n) is 34.1. The SMILES string of the molecule is CC(C)(C)OC(=O)CCC(CCC(=O)OC(C)(C)C)(CCC(=O)OC(C)(C)C)NC(=O)c1ccc(N)c(NC(=O)OCC2c3ccccc3-c3ccccc32)c1. The Balaban J connectivity index is 1.56. The molecule has 0 saturated heterocycles. The second-order valence-corrected chi connectivity index (χ2v) is 17.2. The molecule has 3 aromatic carbocycles. The van der Waals surface area contributed by atoms with Crippen molar-refractivity contribution in [2.75, 3.05) is 17.7 Å². The predicted molar refractivity (Wildman–Crippen MR) is 215 cm³/mol. The number of anilines is 2. The zero-order chi connectivity index (χ0) is 41.5. The number of nitrogen functional groups attached to an aromatic ring is 1. The van der Waals surface area contributed by atoms with E-state index in [9.17, 15) is 24.0 Å². The van der Waals surface area contributed by atoms with Gasteiger partial charge in [-0.15, -0.1) is 0 Å². The number of rotatable bonds is 14. The first-order chi connectivity index (χ1) is 26.0. The summed E-state index contributed by atoms with van der Waals surface area (Å²) in [6.45, 7) is 15.8. The molecule has 0 aromatic heterocycles. The number of ether oxygens (including phenoxy) is 4. The van der Waals surface area contributed by atoms with Crippen LogP contribution in [-0.2, 0) is 33.3 Å².